The molecule has 0 saturated heterocycles. The van der Waals surface area contributed by atoms with Crippen LogP contribution in [0.4, 0.5) is 5.69 Å². The summed E-state index contributed by atoms with van der Waals surface area (Å²) >= 11 is 0. The highest BCUT2D eigenvalue weighted by atomic mass is 16.3. The summed E-state index contributed by atoms with van der Waals surface area (Å²) in [5, 5.41) is 27.9. The maximum Gasteiger partial charge on any atom is 0.106 e. The second kappa shape index (κ2) is 4.97. The highest BCUT2D eigenvalue weighted by Gasteiger charge is 2.20. The molecule has 2 unspecified atom stereocenters. The van der Waals surface area contributed by atoms with E-state index in [0.29, 0.717) is 11.3 Å². The van der Waals surface area contributed by atoms with Gasteiger partial charge >= 0.3 is 0 Å². The van der Waals surface area contributed by atoms with E-state index in [0.717, 1.165) is 11.1 Å². The zero-order chi connectivity index (χ0) is 12.3. The fraction of sp³-hybridized carbons (Fsp3) is 0.417. The van der Waals surface area contributed by atoms with Gasteiger partial charge in [-0.2, -0.15) is 5.26 Å². The van der Waals surface area contributed by atoms with Crippen molar-refractivity contribution in [2.24, 2.45) is 0 Å². The van der Waals surface area contributed by atoms with Crippen molar-refractivity contribution in [1.29, 1.82) is 5.26 Å². The zero-order valence-electron chi connectivity index (χ0n) is 9.44. The molecule has 1 aromatic rings. The van der Waals surface area contributed by atoms with Gasteiger partial charge in [-0.3, -0.25) is 0 Å². The summed E-state index contributed by atoms with van der Waals surface area (Å²) in [6.07, 6.45) is -2.20. The van der Waals surface area contributed by atoms with Crippen molar-refractivity contribution in [1.82, 2.24) is 0 Å². The molecule has 0 aliphatic rings. The van der Waals surface area contributed by atoms with E-state index in [-0.39, 0.29) is 6.42 Å². The minimum absolute atomic E-state index is 0.0932. The van der Waals surface area contributed by atoms with E-state index in [9.17, 15) is 10.2 Å². The maximum atomic E-state index is 9.87. The molecule has 0 aliphatic carbocycles. The summed E-state index contributed by atoms with van der Waals surface area (Å²) < 4.78 is 0. The number of anilines is 1. The number of aliphatic hydroxyl groups is 2. The van der Waals surface area contributed by atoms with Crippen molar-refractivity contribution >= 4 is 5.69 Å². The Hall–Kier alpha value is -1.57. The Balaban J connectivity index is 3.04. The molecule has 1 rings (SSSR count). The minimum atomic E-state index is -1.06. The van der Waals surface area contributed by atoms with E-state index in [2.05, 4.69) is 0 Å². The van der Waals surface area contributed by atoms with Crippen LogP contribution in [-0.2, 0) is 0 Å². The smallest absolute Gasteiger partial charge is 0.106 e. The monoisotopic (exact) mass is 220 g/mol. The lowest BCUT2D eigenvalue weighted by Gasteiger charge is -2.19. The Labute approximate surface area is 94.9 Å². The molecule has 0 bridgehead atoms. The van der Waals surface area contributed by atoms with Crippen LogP contribution in [0.3, 0.4) is 0 Å². The number of nitrogens with zero attached hydrogens (tertiary/aromatic N) is 1. The van der Waals surface area contributed by atoms with E-state index in [1.807, 2.05) is 19.9 Å². The third-order valence-electron chi connectivity index (χ3n) is 2.64. The summed E-state index contributed by atoms with van der Waals surface area (Å²) in [7, 11) is 0. The van der Waals surface area contributed by atoms with Crippen LogP contribution in [0.1, 0.15) is 29.2 Å². The molecule has 86 valence electrons. The highest BCUT2D eigenvalue weighted by Crippen LogP contribution is 2.26. The van der Waals surface area contributed by atoms with Gasteiger partial charge in [-0.25, -0.2) is 0 Å². The first kappa shape index (κ1) is 12.5. The molecule has 0 saturated carbocycles. The van der Waals surface area contributed by atoms with E-state index >= 15 is 0 Å². The van der Waals surface area contributed by atoms with Crippen molar-refractivity contribution < 1.29 is 10.2 Å². The number of nitrogen functional groups attached to an aromatic ring is 1. The molecule has 0 heterocycles. The molecule has 0 radical (unpaired) electrons. The van der Waals surface area contributed by atoms with Crippen molar-refractivity contribution in [2.45, 2.75) is 32.5 Å². The van der Waals surface area contributed by atoms with Gasteiger partial charge in [0.15, 0.2) is 0 Å². The first-order valence-electron chi connectivity index (χ1n) is 5.07. The normalized spacial score (nSPS) is 14.2. The lowest BCUT2D eigenvalue weighted by Crippen LogP contribution is -2.18. The van der Waals surface area contributed by atoms with E-state index in [1.54, 1.807) is 12.1 Å². The average molecular weight is 220 g/mol. The maximum absolute atomic E-state index is 9.87. The number of nitrogens with two attached hydrogens (primary N) is 1. The van der Waals surface area contributed by atoms with Gasteiger partial charge in [0.1, 0.15) is 6.10 Å². The molecule has 0 amide bonds. The summed E-state index contributed by atoms with van der Waals surface area (Å²) in [5.41, 5.74) is 8.67. The third-order valence-corrected chi connectivity index (χ3v) is 2.64. The van der Waals surface area contributed by atoms with Crippen molar-refractivity contribution in [3.8, 4) is 6.07 Å². The van der Waals surface area contributed by atoms with E-state index < -0.39 is 12.2 Å². The van der Waals surface area contributed by atoms with Crippen molar-refractivity contribution in [2.75, 3.05) is 5.73 Å². The largest absolute Gasteiger partial charge is 0.399 e. The number of rotatable bonds is 3. The number of nitriles is 1. The number of hydrogen-bond acceptors (Lipinski definition) is 4. The number of aryl methyl sites for hydroxylation is 2. The Bertz CT molecular complexity index is 424. The van der Waals surface area contributed by atoms with Gasteiger partial charge in [-0.1, -0.05) is 6.07 Å². The molecular formula is C12H16N2O2. The van der Waals surface area contributed by atoms with Crippen LogP contribution in [0.15, 0.2) is 12.1 Å². The molecule has 4 N–H and O–H groups in total. The molecule has 0 aromatic heterocycles. The Morgan fingerprint density at radius 2 is 1.94 bits per heavy atom. The second-order valence-corrected chi connectivity index (χ2v) is 3.94. The lowest BCUT2D eigenvalue weighted by atomic mass is 9.95. The standard InChI is InChI=1S/C12H16N2O2/c1-7-6-10(14)8(2)5-9(7)12(16)11(15)3-4-13/h5-6,11-12,15-16H,3,14H2,1-2H3. The fourth-order valence-electron chi connectivity index (χ4n) is 1.59. The summed E-state index contributed by atoms with van der Waals surface area (Å²) in [6.45, 7) is 3.65. The van der Waals surface area contributed by atoms with Crippen LogP contribution in [-0.4, -0.2) is 16.3 Å². The second-order valence-electron chi connectivity index (χ2n) is 3.94. The van der Waals surface area contributed by atoms with Crippen molar-refractivity contribution in [3.05, 3.63) is 28.8 Å². The molecule has 4 nitrogen and oxygen atoms in total. The predicted octanol–water partition coefficient (Wildman–Crippen LogP) is 1.19. The van der Waals surface area contributed by atoms with Gasteiger partial charge < -0.3 is 15.9 Å². The Morgan fingerprint density at radius 3 is 2.50 bits per heavy atom. The van der Waals surface area contributed by atoms with Gasteiger partial charge in [0.2, 0.25) is 0 Å². The molecule has 4 heteroatoms. The number of aliphatic hydroxyl groups excluding tert-OH is 2. The first-order valence-corrected chi connectivity index (χ1v) is 5.07. The number of benzene rings is 1. The van der Waals surface area contributed by atoms with Crippen molar-refractivity contribution in [3.63, 3.8) is 0 Å². The van der Waals surface area contributed by atoms with Gasteiger partial charge in [0.05, 0.1) is 18.6 Å². The molecule has 0 aliphatic heterocycles. The van der Waals surface area contributed by atoms with Gasteiger partial charge in [-0.15, -0.1) is 0 Å². The summed E-state index contributed by atoms with van der Waals surface area (Å²) in [4.78, 5) is 0. The van der Waals surface area contributed by atoms with Crippen LogP contribution < -0.4 is 5.73 Å². The zero-order valence-corrected chi connectivity index (χ0v) is 9.44. The molecular weight excluding hydrogens is 204 g/mol. The SMILES string of the molecule is Cc1cc(C(O)C(O)CC#N)c(C)cc1N. The third kappa shape index (κ3) is 2.51. The molecule has 2 atom stereocenters. The molecule has 1 aromatic carbocycles. The van der Waals surface area contributed by atoms with Crippen LogP contribution in [0.5, 0.6) is 0 Å². The Kier molecular flexibility index (Phi) is 3.88. The highest BCUT2D eigenvalue weighted by molar-refractivity contribution is 5.51. The minimum Gasteiger partial charge on any atom is -0.399 e. The molecule has 0 fully saturated rings. The summed E-state index contributed by atoms with van der Waals surface area (Å²) in [6, 6.07) is 5.33. The lowest BCUT2D eigenvalue weighted by molar-refractivity contribution is 0.0212. The van der Waals surface area contributed by atoms with Gasteiger partial charge in [0.25, 0.3) is 0 Å². The quantitative estimate of drug-likeness (QED) is 0.667. The summed E-state index contributed by atoms with van der Waals surface area (Å²) in [5.74, 6) is 0. The fourth-order valence-corrected chi connectivity index (χ4v) is 1.59. The van der Waals surface area contributed by atoms with Crippen LogP contribution in [0.2, 0.25) is 0 Å². The topological polar surface area (TPSA) is 90.3 Å². The van der Waals surface area contributed by atoms with Gasteiger partial charge in [0, 0.05) is 5.69 Å². The van der Waals surface area contributed by atoms with E-state index in [4.69, 9.17) is 11.0 Å². The van der Waals surface area contributed by atoms with Gasteiger partial charge in [-0.05, 0) is 36.6 Å². The molecule has 16 heavy (non-hydrogen) atoms. The number of hydrogen-bond donors (Lipinski definition) is 3. The van der Waals surface area contributed by atoms with Crippen LogP contribution >= 0.6 is 0 Å². The average Bonchev–Trinajstić information content (AvgIpc) is 2.23. The van der Waals surface area contributed by atoms with Crippen LogP contribution in [0, 0.1) is 25.2 Å². The molecule has 0 spiro atoms. The predicted molar refractivity (Wildman–Crippen MR) is 61.5 cm³/mol. The van der Waals surface area contributed by atoms with E-state index in [1.165, 1.54) is 0 Å². The Morgan fingerprint density at radius 1 is 1.31 bits per heavy atom. The van der Waals surface area contributed by atoms with Crippen LogP contribution in [0.25, 0.3) is 0 Å². The first-order chi connectivity index (χ1) is 7.47.